The van der Waals surface area contributed by atoms with E-state index in [1.165, 1.54) is 6.42 Å². The van der Waals surface area contributed by atoms with E-state index in [4.69, 9.17) is 0 Å². The SMILES string of the molecule is CCC1CCC(=O)C(CN(C)C(C)CC)C1. The normalized spacial score (nSPS) is 28.4. The highest BCUT2D eigenvalue weighted by Gasteiger charge is 2.29. The summed E-state index contributed by atoms with van der Waals surface area (Å²) in [6.45, 7) is 7.66. The summed E-state index contributed by atoms with van der Waals surface area (Å²) in [6.07, 6.45) is 5.46. The fraction of sp³-hybridized carbons (Fsp3) is 0.929. The summed E-state index contributed by atoms with van der Waals surface area (Å²) in [5.41, 5.74) is 0. The Kier molecular flexibility index (Phi) is 5.47. The lowest BCUT2D eigenvalue weighted by Crippen LogP contribution is -2.38. The molecular formula is C14H27NO. The maximum atomic E-state index is 11.9. The highest BCUT2D eigenvalue weighted by atomic mass is 16.1. The Morgan fingerprint density at radius 1 is 1.44 bits per heavy atom. The van der Waals surface area contributed by atoms with Gasteiger partial charge in [-0.05, 0) is 39.2 Å². The van der Waals surface area contributed by atoms with Crippen LogP contribution < -0.4 is 0 Å². The molecule has 0 aliphatic heterocycles. The molecule has 1 fully saturated rings. The standard InChI is InChI=1S/C14H27NO/c1-5-11(3)15(4)10-13-9-12(6-2)7-8-14(13)16/h11-13H,5-10H2,1-4H3. The molecule has 0 heterocycles. The number of hydrogen-bond acceptors (Lipinski definition) is 2. The highest BCUT2D eigenvalue weighted by molar-refractivity contribution is 5.81. The van der Waals surface area contributed by atoms with Crippen LogP contribution in [0.3, 0.4) is 0 Å². The zero-order valence-electron chi connectivity index (χ0n) is 11.3. The molecule has 2 nitrogen and oxygen atoms in total. The first kappa shape index (κ1) is 13.7. The van der Waals surface area contributed by atoms with Crippen molar-refractivity contribution in [3.63, 3.8) is 0 Å². The van der Waals surface area contributed by atoms with Gasteiger partial charge in [0, 0.05) is 24.9 Å². The van der Waals surface area contributed by atoms with Crippen molar-refractivity contribution < 1.29 is 4.79 Å². The minimum absolute atomic E-state index is 0.303. The molecular weight excluding hydrogens is 198 g/mol. The summed E-state index contributed by atoms with van der Waals surface area (Å²) in [5, 5.41) is 0. The predicted molar refractivity (Wildman–Crippen MR) is 68.5 cm³/mol. The lowest BCUT2D eigenvalue weighted by molar-refractivity contribution is -0.126. The number of rotatable bonds is 5. The first-order valence-corrected chi connectivity index (χ1v) is 6.81. The molecule has 0 radical (unpaired) electrons. The molecule has 0 aromatic carbocycles. The van der Waals surface area contributed by atoms with Crippen molar-refractivity contribution >= 4 is 5.78 Å². The Hall–Kier alpha value is -0.370. The quantitative estimate of drug-likeness (QED) is 0.716. The summed E-state index contributed by atoms with van der Waals surface area (Å²) in [6, 6.07) is 0.592. The predicted octanol–water partition coefficient (Wildman–Crippen LogP) is 3.11. The van der Waals surface area contributed by atoms with Crippen LogP contribution in [0, 0.1) is 11.8 Å². The lowest BCUT2D eigenvalue weighted by atomic mass is 9.79. The number of nitrogens with zero attached hydrogens (tertiary/aromatic N) is 1. The van der Waals surface area contributed by atoms with Crippen molar-refractivity contribution in [3.05, 3.63) is 0 Å². The van der Waals surface area contributed by atoms with E-state index in [1.807, 2.05) is 0 Å². The average molecular weight is 225 g/mol. The number of ketones is 1. The Labute approximate surface area is 100 Å². The van der Waals surface area contributed by atoms with Crippen LogP contribution in [0.15, 0.2) is 0 Å². The molecule has 0 spiro atoms. The third kappa shape index (κ3) is 3.58. The molecule has 1 saturated carbocycles. The van der Waals surface area contributed by atoms with Crippen LogP contribution in [0.2, 0.25) is 0 Å². The molecule has 0 saturated heterocycles. The molecule has 1 rings (SSSR count). The van der Waals surface area contributed by atoms with Crippen LogP contribution in [0.1, 0.15) is 52.9 Å². The Morgan fingerprint density at radius 3 is 2.69 bits per heavy atom. The van der Waals surface area contributed by atoms with Gasteiger partial charge in [0.2, 0.25) is 0 Å². The molecule has 94 valence electrons. The fourth-order valence-electron chi connectivity index (χ4n) is 2.59. The van der Waals surface area contributed by atoms with E-state index in [0.717, 1.165) is 38.1 Å². The fourth-order valence-corrected chi connectivity index (χ4v) is 2.59. The first-order chi connectivity index (χ1) is 7.58. The van der Waals surface area contributed by atoms with Crippen molar-refractivity contribution in [2.24, 2.45) is 11.8 Å². The van der Waals surface area contributed by atoms with Crippen LogP contribution in [0.4, 0.5) is 0 Å². The van der Waals surface area contributed by atoms with Gasteiger partial charge in [0.25, 0.3) is 0 Å². The molecule has 0 aromatic heterocycles. The van der Waals surface area contributed by atoms with Gasteiger partial charge in [0.15, 0.2) is 0 Å². The second-order valence-electron chi connectivity index (χ2n) is 5.41. The minimum Gasteiger partial charge on any atom is -0.303 e. The topological polar surface area (TPSA) is 20.3 Å². The van der Waals surface area contributed by atoms with Gasteiger partial charge in [-0.3, -0.25) is 4.79 Å². The molecule has 2 heteroatoms. The summed E-state index contributed by atoms with van der Waals surface area (Å²) in [5.74, 6) is 1.59. The van der Waals surface area contributed by atoms with E-state index in [1.54, 1.807) is 0 Å². The molecule has 1 aliphatic carbocycles. The van der Waals surface area contributed by atoms with Gasteiger partial charge in [0.1, 0.15) is 5.78 Å². The van der Waals surface area contributed by atoms with Gasteiger partial charge in [-0.25, -0.2) is 0 Å². The monoisotopic (exact) mass is 225 g/mol. The van der Waals surface area contributed by atoms with E-state index in [9.17, 15) is 4.79 Å². The zero-order chi connectivity index (χ0) is 12.1. The van der Waals surface area contributed by atoms with Crippen LogP contribution in [-0.2, 0) is 4.79 Å². The molecule has 16 heavy (non-hydrogen) atoms. The zero-order valence-corrected chi connectivity index (χ0v) is 11.3. The third-order valence-corrected chi connectivity index (χ3v) is 4.30. The first-order valence-electron chi connectivity index (χ1n) is 6.81. The second kappa shape index (κ2) is 6.39. The molecule has 1 aliphatic rings. The largest absolute Gasteiger partial charge is 0.303 e. The number of carbonyl (C=O) groups excluding carboxylic acids is 1. The minimum atomic E-state index is 0.303. The van der Waals surface area contributed by atoms with Crippen LogP contribution in [0.25, 0.3) is 0 Å². The smallest absolute Gasteiger partial charge is 0.137 e. The van der Waals surface area contributed by atoms with Crippen LogP contribution >= 0.6 is 0 Å². The van der Waals surface area contributed by atoms with Crippen LogP contribution in [0.5, 0.6) is 0 Å². The summed E-state index contributed by atoms with van der Waals surface area (Å²) in [4.78, 5) is 14.2. The van der Waals surface area contributed by atoms with Crippen LogP contribution in [-0.4, -0.2) is 30.3 Å². The summed E-state index contributed by atoms with van der Waals surface area (Å²) < 4.78 is 0. The number of Topliss-reactive ketones (excluding diaryl/α,β-unsaturated/α-hetero) is 1. The molecule has 3 atom stereocenters. The number of hydrogen-bond donors (Lipinski definition) is 0. The second-order valence-corrected chi connectivity index (χ2v) is 5.41. The van der Waals surface area contributed by atoms with E-state index >= 15 is 0 Å². The molecule has 0 amide bonds. The molecule has 0 bridgehead atoms. The Bertz CT molecular complexity index is 227. The van der Waals surface area contributed by atoms with Crippen molar-refractivity contribution in [2.75, 3.05) is 13.6 Å². The average Bonchev–Trinajstić information content (AvgIpc) is 2.30. The van der Waals surface area contributed by atoms with Crippen molar-refractivity contribution in [2.45, 2.75) is 58.9 Å². The molecule has 0 N–H and O–H groups in total. The Balaban J connectivity index is 2.47. The van der Waals surface area contributed by atoms with E-state index < -0.39 is 0 Å². The lowest BCUT2D eigenvalue weighted by Gasteiger charge is -2.32. The summed E-state index contributed by atoms with van der Waals surface area (Å²) >= 11 is 0. The van der Waals surface area contributed by atoms with E-state index in [2.05, 4.69) is 32.7 Å². The Morgan fingerprint density at radius 2 is 2.12 bits per heavy atom. The maximum absolute atomic E-state index is 11.9. The van der Waals surface area contributed by atoms with Gasteiger partial charge < -0.3 is 4.90 Å². The van der Waals surface area contributed by atoms with E-state index in [0.29, 0.717) is 17.7 Å². The third-order valence-electron chi connectivity index (χ3n) is 4.30. The highest BCUT2D eigenvalue weighted by Crippen LogP contribution is 2.29. The van der Waals surface area contributed by atoms with Gasteiger partial charge in [0.05, 0.1) is 0 Å². The van der Waals surface area contributed by atoms with Gasteiger partial charge in [-0.1, -0.05) is 20.3 Å². The summed E-state index contributed by atoms with van der Waals surface area (Å²) in [7, 11) is 2.15. The van der Waals surface area contributed by atoms with Gasteiger partial charge in [-0.2, -0.15) is 0 Å². The van der Waals surface area contributed by atoms with Crippen molar-refractivity contribution in [1.82, 2.24) is 4.90 Å². The van der Waals surface area contributed by atoms with Crippen molar-refractivity contribution in [1.29, 1.82) is 0 Å². The van der Waals surface area contributed by atoms with Gasteiger partial charge in [-0.15, -0.1) is 0 Å². The van der Waals surface area contributed by atoms with Gasteiger partial charge >= 0.3 is 0 Å². The maximum Gasteiger partial charge on any atom is 0.137 e. The molecule has 3 unspecified atom stereocenters. The van der Waals surface area contributed by atoms with Crippen molar-refractivity contribution in [3.8, 4) is 0 Å². The molecule has 0 aromatic rings. The number of carbonyl (C=O) groups is 1. The van der Waals surface area contributed by atoms with E-state index in [-0.39, 0.29) is 0 Å².